The Morgan fingerprint density at radius 2 is 1.77 bits per heavy atom. The first-order valence-electron chi connectivity index (χ1n) is 9.71. The molecule has 6 nitrogen and oxygen atoms in total. The van der Waals surface area contributed by atoms with Crippen LogP contribution in [0.5, 0.6) is 0 Å². The minimum atomic E-state index is -0.361. The molecule has 0 aliphatic rings. The Bertz CT molecular complexity index is 1050. The normalized spacial score (nSPS) is 10.4. The molecule has 2 aromatic carbocycles. The van der Waals surface area contributed by atoms with Crippen molar-refractivity contribution in [3.8, 4) is 0 Å². The molecule has 0 spiro atoms. The lowest BCUT2D eigenvalue weighted by Crippen LogP contribution is -2.40. The third kappa shape index (κ3) is 5.99. The van der Waals surface area contributed by atoms with E-state index in [9.17, 15) is 18.8 Å². The van der Waals surface area contributed by atoms with E-state index in [0.717, 1.165) is 5.56 Å². The fourth-order valence-electron chi connectivity index (χ4n) is 2.90. The number of carbonyl (C=O) groups is 3. The predicted octanol–water partition coefficient (Wildman–Crippen LogP) is 3.92. The van der Waals surface area contributed by atoms with E-state index in [4.69, 9.17) is 0 Å². The first kappa shape index (κ1) is 22.2. The van der Waals surface area contributed by atoms with Gasteiger partial charge in [0.05, 0.1) is 23.4 Å². The van der Waals surface area contributed by atoms with E-state index < -0.39 is 0 Å². The van der Waals surface area contributed by atoms with Gasteiger partial charge in [0.2, 0.25) is 5.91 Å². The molecule has 3 aromatic rings. The van der Waals surface area contributed by atoms with Crippen LogP contribution in [0.4, 0.5) is 10.1 Å². The third-order valence-corrected chi connectivity index (χ3v) is 5.28. The highest BCUT2D eigenvalue weighted by molar-refractivity contribution is 7.08. The number of amides is 3. The molecule has 0 saturated carbocycles. The largest absolute Gasteiger partial charge is 0.350 e. The van der Waals surface area contributed by atoms with Crippen molar-refractivity contribution in [2.24, 2.45) is 0 Å². The molecule has 0 aliphatic carbocycles. The van der Waals surface area contributed by atoms with Gasteiger partial charge in [-0.3, -0.25) is 14.4 Å². The van der Waals surface area contributed by atoms with Crippen LogP contribution < -0.4 is 10.6 Å². The van der Waals surface area contributed by atoms with Gasteiger partial charge in [0, 0.05) is 18.5 Å². The van der Waals surface area contributed by atoms with Crippen LogP contribution in [0.25, 0.3) is 0 Å². The highest BCUT2D eigenvalue weighted by Gasteiger charge is 2.21. The van der Waals surface area contributed by atoms with Crippen LogP contribution in [0.3, 0.4) is 0 Å². The van der Waals surface area contributed by atoms with Crippen LogP contribution in [0.2, 0.25) is 0 Å². The monoisotopic (exact) mass is 439 g/mol. The first-order valence-corrected chi connectivity index (χ1v) is 10.6. The van der Waals surface area contributed by atoms with Crippen LogP contribution in [0, 0.1) is 5.82 Å². The summed E-state index contributed by atoms with van der Waals surface area (Å²) in [5.41, 5.74) is 1.96. The van der Waals surface area contributed by atoms with Crippen LogP contribution in [-0.2, 0) is 11.3 Å². The van der Waals surface area contributed by atoms with Crippen LogP contribution in [0.15, 0.2) is 65.4 Å². The molecule has 0 saturated heterocycles. The Kier molecular flexibility index (Phi) is 7.50. The van der Waals surface area contributed by atoms with Crippen LogP contribution >= 0.6 is 11.3 Å². The fraction of sp³-hybridized carbons (Fsp3) is 0.174. The number of thiophene rings is 1. The second-order valence-electron chi connectivity index (χ2n) is 6.73. The minimum Gasteiger partial charge on any atom is -0.350 e. The zero-order valence-corrected chi connectivity index (χ0v) is 17.7. The number of benzene rings is 2. The maximum Gasteiger partial charge on any atom is 0.256 e. The van der Waals surface area contributed by atoms with Gasteiger partial charge in [0.25, 0.3) is 11.8 Å². The molecule has 3 rings (SSSR count). The van der Waals surface area contributed by atoms with E-state index in [1.54, 1.807) is 60.1 Å². The summed E-state index contributed by atoms with van der Waals surface area (Å²) in [5.74, 6) is -1.34. The van der Waals surface area contributed by atoms with Gasteiger partial charge >= 0.3 is 0 Å². The minimum absolute atomic E-state index is 0.136. The molecule has 160 valence electrons. The van der Waals surface area contributed by atoms with Gasteiger partial charge in [-0.2, -0.15) is 11.3 Å². The number of rotatable bonds is 8. The number of likely N-dealkylation sites (N-methyl/N-ethyl adjacent to an activating group) is 1. The predicted molar refractivity (Wildman–Crippen MR) is 119 cm³/mol. The van der Waals surface area contributed by atoms with Gasteiger partial charge in [-0.25, -0.2) is 4.39 Å². The maximum absolute atomic E-state index is 13.1. The molecule has 0 atom stereocenters. The van der Waals surface area contributed by atoms with Gasteiger partial charge in [0.15, 0.2) is 0 Å². The van der Waals surface area contributed by atoms with Crippen LogP contribution in [0.1, 0.15) is 33.2 Å². The van der Waals surface area contributed by atoms with Crippen LogP contribution in [-0.4, -0.2) is 35.7 Å². The van der Waals surface area contributed by atoms with E-state index in [2.05, 4.69) is 10.6 Å². The average Bonchev–Trinajstić information content (AvgIpc) is 3.32. The van der Waals surface area contributed by atoms with Gasteiger partial charge in [0.1, 0.15) is 5.82 Å². The summed E-state index contributed by atoms with van der Waals surface area (Å²) >= 11 is 1.41. The Balaban J connectivity index is 1.65. The van der Waals surface area contributed by atoms with Gasteiger partial charge < -0.3 is 15.5 Å². The Hall–Kier alpha value is -3.52. The molecule has 0 fully saturated rings. The molecule has 0 radical (unpaired) electrons. The molecule has 3 amide bonds. The number of anilines is 1. The molecular weight excluding hydrogens is 417 g/mol. The van der Waals surface area contributed by atoms with Crippen molar-refractivity contribution in [2.75, 3.05) is 18.4 Å². The summed E-state index contributed by atoms with van der Waals surface area (Å²) in [6.45, 7) is 2.19. The Morgan fingerprint density at radius 3 is 2.45 bits per heavy atom. The Morgan fingerprint density at radius 1 is 1.03 bits per heavy atom. The molecule has 0 bridgehead atoms. The summed E-state index contributed by atoms with van der Waals surface area (Å²) in [5, 5.41) is 9.02. The summed E-state index contributed by atoms with van der Waals surface area (Å²) in [7, 11) is 0. The molecule has 2 N–H and O–H groups in total. The first-order chi connectivity index (χ1) is 15.0. The van der Waals surface area contributed by atoms with Gasteiger partial charge in [-0.05, 0) is 48.2 Å². The number of carbonyl (C=O) groups excluding carboxylic acids is 3. The van der Waals surface area contributed by atoms with E-state index in [1.165, 1.54) is 28.4 Å². The second-order valence-corrected chi connectivity index (χ2v) is 7.51. The number of halogens is 1. The summed E-state index contributed by atoms with van der Waals surface area (Å²) < 4.78 is 13.0. The molecule has 0 aliphatic heterocycles. The third-order valence-electron chi connectivity index (χ3n) is 4.60. The van der Waals surface area contributed by atoms with Crippen molar-refractivity contribution in [1.29, 1.82) is 0 Å². The smallest absolute Gasteiger partial charge is 0.256 e. The zero-order chi connectivity index (χ0) is 22.2. The summed E-state index contributed by atoms with van der Waals surface area (Å²) in [6, 6.07) is 14.2. The fourth-order valence-corrected chi connectivity index (χ4v) is 3.53. The average molecular weight is 440 g/mol. The van der Waals surface area contributed by atoms with E-state index >= 15 is 0 Å². The van der Waals surface area contributed by atoms with Crippen molar-refractivity contribution in [3.63, 3.8) is 0 Å². The second kappa shape index (κ2) is 10.5. The summed E-state index contributed by atoms with van der Waals surface area (Å²) in [4.78, 5) is 39.2. The highest BCUT2D eigenvalue weighted by atomic mass is 32.1. The number of para-hydroxylation sites is 1. The molecular formula is C23H22FN3O3S. The van der Waals surface area contributed by atoms with E-state index in [0.29, 0.717) is 23.4 Å². The van der Waals surface area contributed by atoms with Crippen molar-refractivity contribution < 1.29 is 18.8 Å². The van der Waals surface area contributed by atoms with Crippen molar-refractivity contribution >= 4 is 34.7 Å². The molecule has 31 heavy (non-hydrogen) atoms. The lowest BCUT2D eigenvalue weighted by atomic mass is 10.1. The number of nitrogens with zero attached hydrogens (tertiary/aromatic N) is 1. The molecule has 1 aromatic heterocycles. The lowest BCUT2D eigenvalue weighted by molar-refractivity contribution is -0.121. The van der Waals surface area contributed by atoms with Crippen molar-refractivity contribution in [1.82, 2.24) is 10.2 Å². The maximum atomic E-state index is 13.1. The van der Waals surface area contributed by atoms with Crippen molar-refractivity contribution in [2.45, 2.75) is 13.5 Å². The molecule has 0 unspecified atom stereocenters. The number of nitrogens with one attached hydrogen (secondary N) is 2. The zero-order valence-electron chi connectivity index (χ0n) is 16.9. The molecule has 8 heteroatoms. The van der Waals surface area contributed by atoms with Gasteiger partial charge in [-0.1, -0.05) is 24.3 Å². The van der Waals surface area contributed by atoms with E-state index in [1.807, 2.05) is 0 Å². The number of hydrogen-bond acceptors (Lipinski definition) is 4. The van der Waals surface area contributed by atoms with E-state index in [-0.39, 0.29) is 36.6 Å². The van der Waals surface area contributed by atoms with Gasteiger partial charge in [-0.15, -0.1) is 0 Å². The lowest BCUT2D eigenvalue weighted by Gasteiger charge is -2.22. The van der Waals surface area contributed by atoms with Crippen molar-refractivity contribution in [3.05, 3.63) is 87.9 Å². The highest BCUT2D eigenvalue weighted by Crippen LogP contribution is 2.19. The molecule has 1 heterocycles. The quantitative estimate of drug-likeness (QED) is 0.559. The topological polar surface area (TPSA) is 78.5 Å². The summed E-state index contributed by atoms with van der Waals surface area (Å²) in [6.07, 6.45) is 0. The SMILES string of the molecule is CCN(CC(=O)NCc1ccc(F)cc1)C(=O)c1ccccc1NC(=O)c1ccsc1. The Labute approximate surface area is 183 Å². The number of hydrogen-bond donors (Lipinski definition) is 2. The standard InChI is InChI=1S/C23H22FN3O3S/c1-2-27(14-21(28)25-13-16-7-9-18(24)10-8-16)23(30)19-5-3-4-6-20(19)26-22(29)17-11-12-31-15-17/h3-12,15H,2,13-14H2,1H3,(H,25,28)(H,26,29).